The first-order valence-electron chi connectivity index (χ1n) is 6.61. The number of nitrogens with zero attached hydrogens (tertiary/aromatic N) is 1. The van der Waals surface area contributed by atoms with Crippen molar-refractivity contribution in [2.45, 2.75) is 25.7 Å². The van der Waals surface area contributed by atoms with Crippen LogP contribution in [0.25, 0.3) is 6.08 Å². The van der Waals surface area contributed by atoms with Gasteiger partial charge >= 0.3 is 0 Å². The van der Waals surface area contributed by atoms with Crippen molar-refractivity contribution >= 4 is 23.5 Å². The lowest BCUT2D eigenvalue weighted by molar-refractivity contribution is 1.01. The van der Waals surface area contributed by atoms with Gasteiger partial charge in [-0.3, -0.25) is 0 Å². The summed E-state index contributed by atoms with van der Waals surface area (Å²) in [6.45, 7) is 7.43. The number of aryl methyl sites for hydroxylation is 2. The molecule has 0 fully saturated rings. The van der Waals surface area contributed by atoms with E-state index in [4.69, 9.17) is 0 Å². The van der Waals surface area contributed by atoms with Crippen LogP contribution in [0.1, 0.15) is 23.9 Å². The molecule has 0 bridgehead atoms. The van der Waals surface area contributed by atoms with Gasteiger partial charge in [0.25, 0.3) is 0 Å². The van der Waals surface area contributed by atoms with E-state index >= 15 is 0 Å². The first-order valence-corrected chi connectivity index (χ1v) is 7.43. The minimum atomic E-state index is 0.998. The largest absolute Gasteiger partial charge is 0.362 e. The number of rotatable bonds is 2. The Morgan fingerprint density at radius 1 is 1.26 bits per heavy atom. The Hall–Kier alpha value is -1.61. The number of hydrogen-bond donors (Lipinski definition) is 1. The van der Waals surface area contributed by atoms with Crippen LogP contribution < -0.4 is 4.90 Å². The number of nitrogens with one attached hydrogen (secondary N) is 1. The second kappa shape index (κ2) is 4.82. The zero-order valence-electron chi connectivity index (χ0n) is 11.5. The number of aromatic amines is 1. The Morgan fingerprint density at radius 2 is 2.05 bits per heavy atom. The number of benzene rings is 1. The van der Waals surface area contributed by atoms with Gasteiger partial charge in [-0.15, -0.1) is 0 Å². The summed E-state index contributed by atoms with van der Waals surface area (Å²) in [5, 5.41) is 1.31. The van der Waals surface area contributed by atoms with Crippen LogP contribution >= 0.6 is 11.8 Å². The average Bonchev–Trinajstić information content (AvgIpc) is 2.89. The van der Waals surface area contributed by atoms with E-state index in [-0.39, 0.29) is 0 Å². The van der Waals surface area contributed by atoms with Gasteiger partial charge in [0.1, 0.15) is 0 Å². The molecule has 2 aromatic rings. The van der Waals surface area contributed by atoms with Gasteiger partial charge in [0.2, 0.25) is 0 Å². The number of hydrogen-bond acceptors (Lipinski definition) is 2. The summed E-state index contributed by atoms with van der Waals surface area (Å²) >= 11 is 1.85. The molecule has 0 radical (unpaired) electrons. The molecule has 3 heteroatoms. The minimum Gasteiger partial charge on any atom is -0.362 e. The monoisotopic (exact) mass is 270 g/mol. The summed E-state index contributed by atoms with van der Waals surface area (Å²) in [7, 11) is 0. The minimum absolute atomic E-state index is 0.998. The van der Waals surface area contributed by atoms with Gasteiger partial charge in [-0.05, 0) is 50.6 Å². The molecule has 1 aliphatic rings. The molecule has 2 nitrogen and oxygen atoms in total. The van der Waals surface area contributed by atoms with Crippen LogP contribution in [0, 0.1) is 13.8 Å². The summed E-state index contributed by atoms with van der Waals surface area (Å²) in [6.07, 6.45) is 2.28. The third-order valence-corrected chi connectivity index (χ3v) is 4.53. The van der Waals surface area contributed by atoms with Gasteiger partial charge in [0, 0.05) is 22.8 Å². The van der Waals surface area contributed by atoms with Gasteiger partial charge < -0.3 is 9.88 Å². The molecule has 2 heterocycles. The summed E-state index contributed by atoms with van der Waals surface area (Å²) in [6, 6.07) is 10.8. The molecular weight excluding hydrogens is 252 g/mol. The van der Waals surface area contributed by atoms with Crippen LogP contribution in [-0.2, 0) is 0 Å². The molecule has 98 valence electrons. The number of anilines is 1. The van der Waals surface area contributed by atoms with E-state index in [0.29, 0.717) is 0 Å². The smallest absolute Gasteiger partial charge is 0.0808 e. The molecule has 0 saturated carbocycles. The molecule has 1 N–H and O–H groups in total. The lowest BCUT2D eigenvalue weighted by Gasteiger charge is -2.17. The fraction of sp³-hybridized carbons (Fsp3) is 0.250. The van der Waals surface area contributed by atoms with E-state index in [1.807, 2.05) is 11.8 Å². The highest BCUT2D eigenvalue weighted by Gasteiger charge is 2.23. The average molecular weight is 270 g/mol. The first kappa shape index (κ1) is 12.4. The lowest BCUT2D eigenvalue weighted by Crippen LogP contribution is -2.16. The topological polar surface area (TPSA) is 19.0 Å². The van der Waals surface area contributed by atoms with Crippen molar-refractivity contribution in [1.29, 1.82) is 0 Å². The van der Waals surface area contributed by atoms with Crippen molar-refractivity contribution in [2.24, 2.45) is 0 Å². The van der Waals surface area contributed by atoms with Crippen LogP contribution in [0.2, 0.25) is 0 Å². The first-order chi connectivity index (χ1) is 9.19. The number of aromatic nitrogens is 1. The van der Waals surface area contributed by atoms with E-state index in [1.165, 1.54) is 32.6 Å². The number of fused-ring (bicyclic) bond motifs is 1. The molecule has 0 atom stereocenters. The molecule has 0 saturated heterocycles. The van der Waals surface area contributed by atoms with E-state index in [1.54, 1.807) is 0 Å². The molecule has 1 aliphatic heterocycles. The predicted octanol–water partition coefficient (Wildman–Crippen LogP) is 4.56. The van der Waals surface area contributed by atoms with Crippen LogP contribution in [0.3, 0.4) is 0 Å². The molecule has 1 aromatic carbocycles. The number of H-pyrrole nitrogens is 1. The van der Waals surface area contributed by atoms with Crippen LogP contribution in [0.15, 0.2) is 40.3 Å². The molecule has 1 aromatic heterocycles. The fourth-order valence-corrected chi connectivity index (χ4v) is 3.69. The van der Waals surface area contributed by atoms with Crippen molar-refractivity contribution in [3.8, 4) is 0 Å². The Morgan fingerprint density at radius 3 is 2.74 bits per heavy atom. The van der Waals surface area contributed by atoms with Crippen molar-refractivity contribution in [1.82, 2.24) is 4.98 Å². The highest BCUT2D eigenvalue weighted by molar-refractivity contribution is 8.03. The summed E-state index contributed by atoms with van der Waals surface area (Å²) in [5.74, 6) is 0. The van der Waals surface area contributed by atoms with E-state index in [2.05, 4.69) is 67.1 Å². The van der Waals surface area contributed by atoms with E-state index < -0.39 is 0 Å². The lowest BCUT2D eigenvalue weighted by atomic mass is 10.2. The van der Waals surface area contributed by atoms with Crippen molar-refractivity contribution in [3.05, 3.63) is 52.3 Å². The third kappa shape index (κ3) is 2.19. The zero-order chi connectivity index (χ0) is 13.4. The van der Waals surface area contributed by atoms with Crippen molar-refractivity contribution in [3.63, 3.8) is 0 Å². The standard InChI is InChI=1S/C16H18N2S/c1-4-18-14-7-5-6-8-15(14)19-16(18)10-13-9-11(2)17-12(13)3/h5-10,17H,4H2,1-3H3/b16-10+. The second-order valence-electron chi connectivity index (χ2n) is 4.83. The second-order valence-corrected chi connectivity index (χ2v) is 5.89. The zero-order valence-corrected chi connectivity index (χ0v) is 12.3. The third-order valence-electron chi connectivity index (χ3n) is 3.42. The quantitative estimate of drug-likeness (QED) is 0.862. The normalized spacial score (nSPS) is 16.2. The number of para-hydroxylation sites is 1. The van der Waals surface area contributed by atoms with Crippen molar-refractivity contribution < 1.29 is 0 Å². The summed E-state index contributed by atoms with van der Waals surface area (Å²) in [5.41, 5.74) is 5.06. The molecular formula is C16H18N2S. The Bertz CT molecular complexity index is 640. The highest BCUT2D eigenvalue weighted by Crippen LogP contribution is 2.46. The van der Waals surface area contributed by atoms with Crippen LogP contribution in [-0.4, -0.2) is 11.5 Å². The molecule has 3 rings (SSSR count). The molecule has 19 heavy (non-hydrogen) atoms. The van der Waals surface area contributed by atoms with Crippen LogP contribution in [0.5, 0.6) is 0 Å². The van der Waals surface area contributed by atoms with Gasteiger partial charge in [-0.1, -0.05) is 23.9 Å². The van der Waals surface area contributed by atoms with E-state index in [0.717, 1.165) is 6.54 Å². The van der Waals surface area contributed by atoms with Crippen molar-refractivity contribution in [2.75, 3.05) is 11.4 Å². The van der Waals surface area contributed by atoms with Gasteiger partial charge in [0.05, 0.1) is 10.7 Å². The Balaban J connectivity index is 2.01. The SMILES string of the molecule is CCN1/C(=C\c2cc(C)[nH]c2C)Sc2ccccc21. The summed E-state index contributed by atoms with van der Waals surface area (Å²) in [4.78, 5) is 7.09. The predicted molar refractivity (Wildman–Crippen MR) is 83.6 cm³/mol. The van der Waals surface area contributed by atoms with Crippen LogP contribution in [0.4, 0.5) is 5.69 Å². The molecule has 0 spiro atoms. The number of thioether (sulfide) groups is 1. The van der Waals surface area contributed by atoms with E-state index in [9.17, 15) is 0 Å². The van der Waals surface area contributed by atoms with Gasteiger partial charge in [0.15, 0.2) is 0 Å². The highest BCUT2D eigenvalue weighted by atomic mass is 32.2. The van der Waals surface area contributed by atoms with Gasteiger partial charge in [-0.2, -0.15) is 0 Å². The molecule has 0 aliphatic carbocycles. The van der Waals surface area contributed by atoms with Gasteiger partial charge in [-0.25, -0.2) is 0 Å². The summed E-state index contributed by atoms with van der Waals surface area (Å²) < 4.78 is 0. The maximum Gasteiger partial charge on any atom is 0.0808 e. The molecule has 0 amide bonds. The Labute approximate surface area is 118 Å². The fourth-order valence-electron chi connectivity index (χ4n) is 2.51. The molecule has 0 unspecified atom stereocenters. The maximum absolute atomic E-state index is 3.36. The maximum atomic E-state index is 3.36. The Kier molecular flexibility index (Phi) is 3.15.